The van der Waals surface area contributed by atoms with E-state index < -0.39 is 0 Å². The summed E-state index contributed by atoms with van der Waals surface area (Å²) in [4.78, 5) is 4.47. The molecule has 1 aromatic rings. The van der Waals surface area contributed by atoms with E-state index >= 15 is 0 Å². The predicted octanol–water partition coefficient (Wildman–Crippen LogP) is 2.76. The molecule has 1 aliphatic heterocycles. The molecule has 1 aromatic carbocycles. The number of nitrogens with one attached hydrogen (secondary N) is 1. The van der Waals surface area contributed by atoms with E-state index in [1.807, 2.05) is 0 Å². The summed E-state index contributed by atoms with van der Waals surface area (Å²) in [6, 6.07) is 6.22. The first-order valence-corrected chi connectivity index (χ1v) is 9.08. The molecule has 0 spiro atoms. The van der Waals surface area contributed by atoms with Crippen molar-refractivity contribution in [3.8, 4) is 5.75 Å². The first-order chi connectivity index (χ1) is 11.7. The van der Waals surface area contributed by atoms with E-state index in [1.54, 1.807) is 0 Å². The largest absolute Gasteiger partial charge is 0.491 e. The van der Waals surface area contributed by atoms with Crippen molar-refractivity contribution in [2.75, 3.05) is 19.8 Å². The molecule has 1 saturated heterocycles. The number of guanidine groups is 1. The van der Waals surface area contributed by atoms with Crippen LogP contribution < -0.4 is 15.8 Å². The van der Waals surface area contributed by atoms with Crippen LogP contribution in [0.25, 0.3) is 0 Å². The van der Waals surface area contributed by atoms with Crippen molar-refractivity contribution in [1.82, 2.24) is 5.32 Å². The second kappa shape index (κ2) is 8.38. The lowest BCUT2D eigenvalue weighted by Gasteiger charge is -2.25. The first kappa shape index (κ1) is 17.1. The number of ether oxygens (including phenoxy) is 2. The van der Waals surface area contributed by atoms with Gasteiger partial charge >= 0.3 is 0 Å². The Morgan fingerprint density at radius 3 is 2.92 bits per heavy atom. The Hall–Kier alpha value is -1.75. The maximum atomic E-state index is 6.00. The fraction of sp³-hybridized carbons (Fsp3) is 0.632. The molecule has 0 amide bonds. The standard InChI is InChI=1S/C19H29N3O2/c1-14-7-8-16(12-22-19(20)21-11-15-4-2-5-15)18(10-14)24-13-17-6-3-9-23-17/h7-8,10,15,17H,2-6,9,11-13H2,1H3,(H3,20,21,22). The number of nitrogens with zero attached hydrogens (tertiary/aromatic N) is 1. The zero-order valence-corrected chi connectivity index (χ0v) is 14.6. The molecule has 3 N–H and O–H groups in total. The molecule has 1 unspecified atom stereocenters. The lowest BCUT2D eigenvalue weighted by Crippen LogP contribution is -2.37. The maximum Gasteiger partial charge on any atom is 0.188 e. The van der Waals surface area contributed by atoms with Crippen LogP contribution in [0, 0.1) is 12.8 Å². The minimum absolute atomic E-state index is 0.219. The van der Waals surface area contributed by atoms with Gasteiger partial charge in [0, 0.05) is 18.7 Å². The van der Waals surface area contributed by atoms with Gasteiger partial charge in [-0.3, -0.25) is 0 Å². The smallest absolute Gasteiger partial charge is 0.188 e. The molecular weight excluding hydrogens is 302 g/mol. The second-order valence-electron chi connectivity index (χ2n) is 6.94. The van der Waals surface area contributed by atoms with Crippen molar-refractivity contribution in [1.29, 1.82) is 0 Å². The fourth-order valence-electron chi connectivity index (χ4n) is 3.06. The number of hydrogen-bond donors (Lipinski definition) is 2. The van der Waals surface area contributed by atoms with E-state index in [2.05, 4.69) is 35.4 Å². The number of hydrogen-bond acceptors (Lipinski definition) is 3. The SMILES string of the molecule is Cc1ccc(CN=C(N)NCC2CCC2)c(OCC2CCCO2)c1. The summed E-state index contributed by atoms with van der Waals surface area (Å²) in [6.07, 6.45) is 6.38. The summed E-state index contributed by atoms with van der Waals surface area (Å²) in [5.74, 6) is 2.18. The van der Waals surface area contributed by atoms with Gasteiger partial charge in [-0.25, -0.2) is 4.99 Å². The maximum absolute atomic E-state index is 6.00. The second-order valence-corrected chi connectivity index (χ2v) is 6.94. The highest BCUT2D eigenvalue weighted by atomic mass is 16.5. The van der Waals surface area contributed by atoms with E-state index in [9.17, 15) is 0 Å². The summed E-state index contributed by atoms with van der Waals surface area (Å²) in [6.45, 7) is 4.99. The topological polar surface area (TPSA) is 68.9 Å². The van der Waals surface area contributed by atoms with Gasteiger partial charge in [0.2, 0.25) is 0 Å². The molecule has 0 bridgehead atoms. The summed E-state index contributed by atoms with van der Waals surface area (Å²) in [7, 11) is 0. The minimum Gasteiger partial charge on any atom is -0.491 e. The molecule has 3 rings (SSSR count). The van der Waals surface area contributed by atoms with E-state index in [-0.39, 0.29) is 6.10 Å². The van der Waals surface area contributed by atoms with Crippen molar-refractivity contribution in [2.24, 2.45) is 16.6 Å². The first-order valence-electron chi connectivity index (χ1n) is 9.08. The Bertz CT molecular complexity index is 564. The van der Waals surface area contributed by atoms with Crippen molar-refractivity contribution in [2.45, 2.75) is 51.7 Å². The molecule has 0 radical (unpaired) electrons. The molecule has 1 heterocycles. The van der Waals surface area contributed by atoms with E-state index in [0.29, 0.717) is 19.1 Å². The molecule has 1 aliphatic carbocycles. The number of aryl methyl sites for hydroxylation is 1. The lowest BCUT2D eigenvalue weighted by atomic mass is 9.85. The third-order valence-corrected chi connectivity index (χ3v) is 4.89. The van der Waals surface area contributed by atoms with Gasteiger partial charge in [-0.2, -0.15) is 0 Å². The van der Waals surface area contributed by atoms with Crippen LogP contribution in [0.15, 0.2) is 23.2 Å². The molecular formula is C19H29N3O2. The van der Waals surface area contributed by atoms with Gasteiger partial charge in [0.1, 0.15) is 12.4 Å². The summed E-state index contributed by atoms with van der Waals surface area (Å²) < 4.78 is 11.6. The number of aliphatic imine (C=N–C) groups is 1. The van der Waals surface area contributed by atoms with Crippen LogP contribution in [-0.2, 0) is 11.3 Å². The average molecular weight is 331 g/mol. The minimum atomic E-state index is 0.219. The van der Waals surface area contributed by atoms with Crippen LogP contribution in [0.3, 0.4) is 0 Å². The van der Waals surface area contributed by atoms with E-state index in [0.717, 1.165) is 43.2 Å². The number of benzene rings is 1. The molecule has 2 aliphatic rings. The molecule has 5 heteroatoms. The Morgan fingerprint density at radius 2 is 2.21 bits per heavy atom. The summed E-state index contributed by atoms with van der Waals surface area (Å²) >= 11 is 0. The average Bonchev–Trinajstić information content (AvgIpc) is 3.04. The van der Waals surface area contributed by atoms with Gasteiger partial charge in [-0.05, 0) is 50.2 Å². The van der Waals surface area contributed by atoms with Gasteiger partial charge in [-0.1, -0.05) is 18.6 Å². The predicted molar refractivity (Wildman–Crippen MR) is 96.3 cm³/mol. The molecule has 5 nitrogen and oxygen atoms in total. The van der Waals surface area contributed by atoms with Crippen molar-refractivity contribution in [3.05, 3.63) is 29.3 Å². The summed E-state index contributed by atoms with van der Waals surface area (Å²) in [5.41, 5.74) is 8.22. The summed E-state index contributed by atoms with van der Waals surface area (Å²) in [5, 5.41) is 3.23. The Morgan fingerprint density at radius 1 is 1.33 bits per heavy atom. The van der Waals surface area contributed by atoms with E-state index in [1.165, 1.54) is 24.8 Å². The van der Waals surface area contributed by atoms with Crippen LogP contribution in [-0.4, -0.2) is 31.8 Å². The molecule has 1 saturated carbocycles. The van der Waals surface area contributed by atoms with Crippen LogP contribution in [0.1, 0.15) is 43.2 Å². The molecule has 0 aromatic heterocycles. The van der Waals surface area contributed by atoms with Gasteiger partial charge in [0.05, 0.1) is 12.6 Å². The van der Waals surface area contributed by atoms with Crippen LogP contribution >= 0.6 is 0 Å². The molecule has 132 valence electrons. The monoisotopic (exact) mass is 331 g/mol. The van der Waals surface area contributed by atoms with Gasteiger partial charge in [-0.15, -0.1) is 0 Å². The van der Waals surface area contributed by atoms with Gasteiger partial charge in [0.25, 0.3) is 0 Å². The highest BCUT2D eigenvalue weighted by molar-refractivity contribution is 5.77. The number of rotatable bonds is 7. The zero-order chi connectivity index (χ0) is 16.8. The molecule has 2 fully saturated rings. The van der Waals surface area contributed by atoms with Gasteiger partial charge < -0.3 is 20.5 Å². The zero-order valence-electron chi connectivity index (χ0n) is 14.6. The number of nitrogens with two attached hydrogens (primary N) is 1. The highest BCUT2D eigenvalue weighted by Crippen LogP contribution is 2.25. The molecule has 1 atom stereocenters. The van der Waals surface area contributed by atoms with Crippen molar-refractivity contribution < 1.29 is 9.47 Å². The molecule has 24 heavy (non-hydrogen) atoms. The van der Waals surface area contributed by atoms with Crippen molar-refractivity contribution >= 4 is 5.96 Å². The quantitative estimate of drug-likeness (QED) is 0.595. The van der Waals surface area contributed by atoms with Crippen LogP contribution in [0.4, 0.5) is 0 Å². The van der Waals surface area contributed by atoms with Crippen molar-refractivity contribution in [3.63, 3.8) is 0 Å². The Kier molecular flexibility index (Phi) is 5.96. The lowest BCUT2D eigenvalue weighted by molar-refractivity contribution is 0.0676. The van der Waals surface area contributed by atoms with Gasteiger partial charge in [0.15, 0.2) is 5.96 Å². The van der Waals surface area contributed by atoms with Crippen LogP contribution in [0.2, 0.25) is 0 Å². The third kappa shape index (κ3) is 4.87. The highest BCUT2D eigenvalue weighted by Gasteiger charge is 2.18. The third-order valence-electron chi connectivity index (χ3n) is 4.89. The Labute approximate surface area is 144 Å². The van der Waals surface area contributed by atoms with Crippen LogP contribution in [0.5, 0.6) is 5.75 Å². The fourth-order valence-corrected chi connectivity index (χ4v) is 3.06. The normalized spacial score (nSPS) is 21.5. The van der Waals surface area contributed by atoms with E-state index in [4.69, 9.17) is 15.2 Å². The Balaban J connectivity index is 1.54.